The quantitative estimate of drug-likeness (QED) is 0.526. The number of hydrogen-bond donors (Lipinski definition) is 2. The summed E-state index contributed by atoms with van der Waals surface area (Å²) in [5.74, 6) is 5.62. The third-order valence-electron chi connectivity index (χ3n) is 2.81. The van der Waals surface area contributed by atoms with Gasteiger partial charge in [-0.2, -0.15) is 5.10 Å². The van der Waals surface area contributed by atoms with E-state index in [0.29, 0.717) is 0 Å². The topological polar surface area (TPSA) is 68.5 Å². The van der Waals surface area contributed by atoms with Crippen molar-refractivity contribution < 1.29 is 4.42 Å². The summed E-state index contributed by atoms with van der Waals surface area (Å²) in [5.41, 5.74) is 5.81. The van der Waals surface area contributed by atoms with Gasteiger partial charge in [-0.25, -0.2) is 9.94 Å². The molecule has 3 heterocycles. The van der Waals surface area contributed by atoms with Crippen molar-refractivity contribution in [2.24, 2.45) is 5.84 Å². The molecule has 0 aliphatic carbocycles. The van der Waals surface area contributed by atoms with Crippen LogP contribution in [0.5, 0.6) is 0 Å². The molecule has 17 heavy (non-hydrogen) atoms. The van der Waals surface area contributed by atoms with Crippen molar-refractivity contribution in [1.29, 1.82) is 0 Å². The van der Waals surface area contributed by atoms with Crippen molar-refractivity contribution >= 4 is 5.52 Å². The van der Waals surface area contributed by atoms with Gasteiger partial charge in [0.15, 0.2) is 0 Å². The average molecular weight is 228 g/mol. The number of pyridine rings is 1. The Labute approximate surface area is 97.8 Å². The Hall–Kier alpha value is -2.11. The van der Waals surface area contributed by atoms with Crippen LogP contribution in [0.15, 0.2) is 53.6 Å². The molecule has 0 aromatic carbocycles. The summed E-state index contributed by atoms with van der Waals surface area (Å²) in [4.78, 5) is 0. The predicted molar refractivity (Wildman–Crippen MR) is 63.1 cm³/mol. The number of furan rings is 1. The lowest BCUT2D eigenvalue weighted by Gasteiger charge is -2.12. The largest absolute Gasteiger partial charge is 0.472 e. The summed E-state index contributed by atoms with van der Waals surface area (Å²) in [6, 6.07) is 7.69. The van der Waals surface area contributed by atoms with Crippen molar-refractivity contribution in [3.05, 3.63) is 60.3 Å². The van der Waals surface area contributed by atoms with Crippen LogP contribution in [0.3, 0.4) is 0 Å². The molecule has 0 saturated carbocycles. The van der Waals surface area contributed by atoms with E-state index in [9.17, 15) is 0 Å². The first-order valence-electron chi connectivity index (χ1n) is 5.30. The Morgan fingerprint density at radius 2 is 2.29 bits per heavy atom. The van der Waals surface area contributed by atoms with Crippen LogP contribution in [0.1, 0.15) is 17.2 Å². The number of aromatic nitrogens is 2. The lowest BCUT2D eigenvalue weighted by Crippen LogP contribution is -2.28. The molecule has 3 aromatic heterocycles. The summed E-state index contributed by atoms with van der Waals surface area (Å²) in [7, 11) is 0. The molecule has 3 rings (SSSR count). The lowest BCUT2D eigenvalue weighted by atomic mass is 10.0. The van der Waals surface area contributed by atoms with Gasteiger partial charge in [-0.3, -0.25) is 5.84 Å². The Bertz CT molecular complexity index is 614. The molecule has 3 aromatic rings. The molecule has 5 heteroatoms. The van der Waals surface area contributed by atoms with Gasteiger partial charge in [0.05, 0.1) is 30.3 Å². The van der Waals surface area contributed by atoms with Crippen molar-refractivity contribution in [3.63, 3.8) is 0 Å². The highest BCUT2D eigenvalue weighted by atomic mass is 16.3. The maximum Gasteiger partial charge on any atom is 0.0954 e. The van der Waals surface area contributed by atoms with Crippen LogP contribution in [-0.4, -0.2) is 9.61 Å². The fourth-order valence-electron chi connectivity index (χ4n) is 1.98. The maximum atomic E-state index is 5.62. The van der Waals surface area contributed by atoms with Gasteiger partial charge in [0, 0.05) is 17.3 Å². The van der Waals surface area contributed by atoms with E-state index in [0.717, 1.165) is 16.6 Å². The second-order valence-electron chi connectivity index (χ2n) is 3.79. The van der Waals surface area contributed by atoms with Crippen LogP contribution in [0.2, 0.25) is 0 Å². The number of nitrogens with one attached hydrogen (secondary N) is 1. The number of nitrogens with zero attached hydrogens (tertiary/aromatic N) is 2. The van der Waals surface area contributed by atoms with E-state index in [-0.39, 0.29) is 6.04 Å². The molecule has 0 aliphatic heterocycles. The molecule has 1 atom stereocenters. The van der Waals surface area contributed by atoms with Gasteiger partial charge in [0.1, 0.15) is 0 Å². The number of nitrogens with two attached hydrogens (primary N) is 1. The molecular formula is C12H12N4O. The van der Waals surface area contributed by atoms with Gasteiger partial charge in [-0.15, -0.1) is 0 Å². The summed E-state index contributed by atoms with van der Waals surface area (Å²) < 4.78 is 6.90. The molecule has 0 saturated heterocycles. The standard InChI is InChI=1S/C12H12N4O/c13-15-12(9-4-6-17-8-9)10-7-14-16-5-2-1-3-11(10)16/h1-8,12,15H,13H2. The van der Waals surface area contributed by atoms with Gasteiger partial charge in [0.2, 0.25) is 0 Å². The summed E-state index contributed by atoms with van der Waals surface area (Å²) in [6.07, 6.45) is 7.02. The highest BCUT2D eigenvalue weighted by Crippen LogP contribution is 2.25. The second kappa shape index (κ2) is 4.04. The first kappa shape index (κ1) is 10.1. The Morgan fingerprint density at radius 1 is 1.35 bits per heavy atom. The van der Waals surface area contributed by atoms with Gasteiger partial charge in [-0.05, 0) is 18.2 Å². The van der Waals surface area contributed by atoms with Crippen LogP contribution in [0.4, 0.5) is 0 Å². The number of rotatable bonds is 3. The molecule has 5 nitrogen and oxygen atoms in total. The summed E-state index contributed by atoms with van der Waals surface area (Å²) in [6.45, 7) is 0. The van der Waals surface area contributed by atoms with Crippen molar-refractivity contribution in [2.45, 2.75) is 6.04 Å². The lowest BCUT2D eigenvalue weighted by molar-refractivity contribution is 0.554. The molecule has 0 fully saturated rings. The highest BCUT2D eigenvalue weighted by Gasteiger charge is 2.17. The predicted octanol–water partition coefficient (Wildman–Crippen LogP) is 1.48. The highest BCUT2D eigenvalue weighted by molar-refractivity contribution is 5.56. The average Bonchev–Trinajstić information content (AvgIpc) is 3.01. The number of hydrogen-bond acceptors (Lipinski definition) is 4. The van der Waals surface area contributed by atoms with Gasteiger partial charge < -0.3 is 4.42 Å². The Balaban J connectivity index is 2.13. The minimum absolute atomic E-state index is 0.117. The minimum atomic E-state index is -0.117. The zero-order valence-corrected chi connectivity index (χ0v) is 9.08. The van der Waals surface area contributed by atoms with Crippen LogP contribution in [0.25, 0.3) is 5.52 Å². The molecule has 86 valence electrons. The summed E-state index contributed by atoms with van der Waals surface area (Å²) in [5, 5.41) is 4.29. The Kier molecular flexibility index (Phi) is 2.40. The van der Waals surface area contributed by atoms with Crippen LogP contribution >= 0.6 is 0 Å². The first-order valence-corrected chi connectivity index (χ1v) is 5.30. The maximum absolute atomic E-state index is 5.62. The number of fused-ring (bicyclic) bond motifs is 1. The third kappa shape index (κ3) is 1.61. The summed E-state index contributed by atoms with van der Waals surface area (Å²) >= 11 is 0. The van der Waals surface area contributed by atoms with Crippen LogP contribution in [0, 0.1) is 0 Å². The minimum Gasteiger partial charge on any atom is -0.472 e. The molecule has 0 amide bonds. The number of hydrazine groups is 1. The molecule has 0 aliphatic rings. The smallest absolute Gasteiger partial charge is 0.0954 e. The first-order chi connectivity index (χ1) is 8.40. The van der Waals surface area contributed by atoms with Gasteiger partial charge in [0.25, 0.3) is 0 Å². The van der Waals surface area contributed by atoms with E-state index >= 15 is 0 Å². The van der Waals surface area contributed by atoms with Crippen LogP contribution in [-0.2, 0) is 0 Å². The Morgan fingerprint density at radius 3 is 3.06 bits per heavy atom. The zero-order valence-electron chi connectivity index (χ0n) is 9.08. The third-order valence-corrected chi connectivity index (χ3v) is 2.81. The van der Waals surface area contributed by atoms with E-state index in [1.54, 1.807) is 12.5 Å². The normalized spacial score (nSPS) is 13.0. The van der Waals surface area contributed by atoms with E-state index in [2.05, 4.69) is 10.5 Å². The van der Waals surface area contributed by atoms with Crippen LogP contribution < -0.4 is 11.3 Å². The van der Waals surface area contributed by atoms with Gasteiger partial charge >= 0.3 is 0 Å². The zero-order chi connectivity index (χ0) is 11.7. The van der Waals surface area contributed by atoms with Crippen molar-refractivity contribution in [2.75, 3.05) is 0 Å². The fourth-order valence-corrected chi connectivity index (χ4v) is 1.98. The van der Waals surface area contributed by atoms with E-state index in [1.807, 2.05) is 41.2 Å². The van der Waals surface area contributed by atoms with E-state index in [4.69, 9.17) is 10.3 Å². The molecular weight excluding hydrogens is 216 g/mol. The monoisotopic (exact) mass is 228 g/mol. The molecule has 1 unspecified atom stereocenters. The van der Waals surface area contributed by atoms with Crippen molar-refractivity contribution in [3.8, 4) is 0 Å². The van der Waals surface area contributed by atoms with E-state index in [1.165, 1.54) is 0 Å². The van der Waals surface area contributed by atoms with Gasteiger partial charge in [-0.1, -0.05) is 6.07 Å². The molecule has 0 spiro atoms. The molecule has 0 bridgehead atoms. The second-order valence-corrected chi connectivity index (χ2v) is 3.79. The fraction of sp³-hybridized carbons (Fsp3) is 0.0833. The SMILES string of the molecule is NNC(c1ccoc1)c1cnn2ccccc12. The van der Waals surface area contributed by atoms with E-state index < -0.39 is 0 Å². The molecule has 0 radical (unpaired) electrons. The van der Waals surface area contributed by atoms with Crippen molar-refractivity contribution in [1.82, 2.24) is 15.0 Å². The molecule has 3 N–H and O–H groups in total.